The van der Waals surface area contributed by atoms with Crippen molar-refractivity contribution in [3.8, 4) is 0 Å². The maximum atomic E-state index is 12.4. The molecule has 8 heteroatoms. The van der Waals surface area contributed by atoms with Gasteiger partial charge in [0.05, 0.1) is 19.1 Å². The zero-order valence-corrected chi connectivity index (χ0v) is 11.8. The lowest BCUT2D eigenvalue weighted by Gasteiger charge is -2.27. The Kier molecular flexibility index (Phi) is 6.49. The van der Waals surface area contributed by atoms with Gasteiger partial charge >= 0.3 is 12.1 Å². The number of hydrogen-bond acceptors (Lipinski definition) is 5. The van der Waals surface area contributed by atoms with E-state index in [0.717, 1.165) is 4.90 Å². The summed E-state index contributed by atoms with van der Waals surface area (Å²) in [5.41, 5.74) is 4.64. The number of alkyl halides is 3. The minimum Gasteiger partial charge on any atom is -0.511 e. The second-order valence-electron chi connectivity index (χ2n) is 5.47. The number of ether oxygens (including phenoxy) is 1. The summed E-state index contributed by atoms with van der Waals surface area (Å²) in [5.74, 6) is -1.24. The van der Waals surface area contributed by atoms with E-state index in [1.807, 2.05) is 0 Å². The number of carbonyl (C=O) groups is 1. The van der Waals surface area contributed by atoms with Crippen LogP contribution in [0.15, 0.2) is 12.3 Å². The monoisotopic (exact) mass is 298 g/mol. The molecule has 0 radical (unpaired) electrons. The van der Waals surface area contributed by atoms with Gasteiger partial charge in [-0.3, -0.25) is 9.69 Å². The molecule has 0 aliphatic carbocycles. The topological polar surface area (TPSA) is 75.8 Å². The van der Waals surface area contributed by atoms with Crippen LogP contribution >= 0.6 is 0 Å². The molecule has 0 bridgehead atoms. The summed E-state index contributed by atoms with van der Waals surface area (Å²) in [6.07, 6.45) is -4.49. The van der Waals surface area contributed by atoms with Crippen LogP contribution in [0.1, 0.15) is 20.8 Å². The minimum absolute atomic E-state index is 0.353. The van der Waals surface area contributed by atoms with Crippen LogP contribution in [0.4, 0.5) is 13.2 Å². The highest BCUT2D eigenvalue weighted by Crippen LogP contribution is 2.17. The molecule has 0 spiro atoms. The van der Waals surface area contributed by atoms with Gasteiger partial charge in [-0.1, -0.05) is 6.58 Å². The first kappa shape index (κ1) is 18.7. The van der Waals surface area contributed by atoms with Crippen LogP contribution in [0.3, 0.4) is 0 Å². The molecule has 0 amide bonds. The molecule has 118 valence electrons. The molecule has 0 aromatic carbocycles. The molecule has 5 nitrogen and oxygen atoms in total. The third kappa shape index (κ3) is 9.62. The predicted octanol–water partition coefficient (Wildman–Crippen LogP) is 1.59. The number of hydrogen-bond donors (Lipinski definition) is 2. The first-order valence-electron chi connectivity index (χ1n) is 5.94. The molecular formula is C12H21F3N2O3. The van der Waals surface area contributed by atoms with E-state index in [1.165, 1.54) is 0 Å². The van der Waals surface area contributed by atoms with Gasteiger partial charge in [0.2, 0.25) is 0 Å². The SMILES string of the molecule is C=C(O)[C@@H](N)CN(CC(=O)OC(C)(C)C)CC(F)(F)F. The molecule has 1 atom stereocenters. The van der Waals surface area contributed by atoms with Crippen LogP contribution in [0.2, 0.25) is 0 Å². The van der Waals surface area contributed by atoms with Gasteiger partial charge in [-0.05, 0) is 20.8 Å². The molecule has 0 aromatic heterocycles. The van der Waals surface area contributed by atoms with E-state index in [1.54, 1.807) is 20.8 Å². The molecule has 0 rings (SSSR count). The predicted molar refractivity (Wildman–Crippen MR) is 68.1 cm³/mol. The van der Waals surface area contributed by atoms with Crippen molar-refractivity contribution in [3.63, 3.8) is 0 Å². The van der Waals surface area contributed by atoms with E-state index >= 15 is 0 Å². The van der Waals surface area contributed by atoms with E-state index in [9.17, 15) is 18.0 Å². The smallest absolute Gasteiger partial charge is 0.401 e. The number of rotatable bonds is 6. The molecule has 0 heterocycles. The normalized spacial score (nSPS) is 14.2. The van der Waals surface area contributed by atoms with Crippen molar-refractivity contribution in [2.24, 2.45) is 5.73 Å². The second kappa shape index (κ2) is 6.94. The van der Waals surface area contributed by atoms with Gasteiger partial charge in [0.1, 0.15) is 11.4 Å². The highest BCUT2D eigenvalue weighted by molar-refractivity contribution is 5.72. The second-order valence-corrected chi connectivity index (χ2v) is 5.47. The fraction of sp³-hybridized carbons (Fsp3) is 0.750. The van der Waals surface area contributed by atoms with Crippen molar-refractivity contribution in [2.45, 2.75) is 38.6 Å². The van der Waals surface area contributed by atoms with E-state index in [0.29, 0.717) is 0 Å². The lowest BCUT2D eigenvalue weighted by atomic mass is 10.2. The van der Waals surface area contributed by atoms with Crippen molar-refractivity contribution < 1.29 is 27.8 Å². The first-order chi connectivity index (χ1) is 8.80. The highest BCUT2D eigenvalue weighted by atomic mass is 19.4. The molecule has 0 aliphatic heterocycles. The maximum Gasteiger partial charge on any atom is 0.401 e. The summed E-state index contributed by atoms with van der Waals surface area (Å²) in [6.45, 7) is 5.73. The maximum absolute atomic E-state index is 12.4. The number of aliphatic hydroxyl groups is 1. The van der Waals surface area contributed by atoms with Gasteiger partial charge in [0.25, 0.3) is 0 Å². The van der Waals surface area contributed by atoms with Gasteiger partial charge < -0.3 is 15.6 Å². The molecule has 0 aliphatic rings. The zero-order chi connectivity index (χ0) is 16.1. The van der Waals surface area contributed by atoms with Gasteiger partial charge in [0, 0.05) is 6.54 Å². The van der Waals surface area contributed by atoms with E-state index in [4.69, 9.17) is 15.6 Å². The number of carbonyl (C=O) groups excluding carboxylic acids is 1. The van der Waals surface area contributed by atoms with E-state index in [-0.39, 0.29) is 6.54 Å². The van der Waals surface area contributed by atoms with Crippen LogP contribution in [0, 0.1) is 0 Å². The zero-order valence-electron chi connectivity index (χ0n) is 11.8. The molecule has 0 aromatic rings. The van der Waals surface area contributed by atoms with Gasteiger partial charge in [-0.25, -0.2) is 0 Å². The molecule has 0 saturated heterocycles. The van der Waals surface area contributed by atoms with Crippen molar-refractivity contribution in [3.05, 3.63) is 12.3 Å². The van der Waals surface area contributed by atoms with Crippen LogP contribution < -0.4 is 5.73 Å². The summed E-state index contributed by atoms with van der Waals surface area (Å²) < 4.78 is 42.2. The number of esters is 1. The Morgan fingerprint density at radius 3 is 2.25 bits per heavy atom. The summed E-state index contributed by atoms with van der Waals surface area (Å²) in [6, 6.07) is -1.07. The van der Waals surface area contributed by atoms with Crippen molar-refractivity contribution in [2.75, 3.05) is 19.6 Å². The lowest BCUT2D eigenvalue weighted by molar-refractivity contribution is -0.164. The Balaban J connectivity index is 4.69. The number of nitrogens with zero attached hydrogens (tertiary/aromatic N) is 1. The van der Waals surface area contributed by atoms with Crippen molar-refractivity contribution in [1.29, 1.82) is 0 Å². The molecular weight excluding hydrogens is 277 g/mol. The average Bonchev–Trinajstić information content (AvgIpc) is 2.10. The van der Waals surface area contributed by atoms with Crippen molar-refractivity contribution in [1.82, 2.24) is 4.90 Å². The minimum atomic E-state index is -4.49. The van der Waals surface area contributed by atoms with Crippen LogP contribution in [-0.2, 0) is 9.53 Å². The number of halogens is 3. The van der Waals surface area contributed by atoms with Crippen LogP contribution in [0.25, 0.3) is 0 Å². The summed E-state index contributed by atoms with van der Waals surface area (Å²) in [5, 5.41) is 9.05. The molecule has 3 N–H and O–H groups in total. The Morgan fingerprint density at radius 1 is 1.40 bits per heavy atom. The van der Waals surface area contributed by atoms with E-state index < -0.39 is 42.6 Å². The standard InChI is InChI=1S/C12H21F3N2O3/c1-8(18)9(16)5-17(7-12(13,14)15)6-10(19)20-11(2,3)4/h9,18H,1,5-7,16H2,2-4H3/t9-/m0/s1. The molecule has 20 heavy (non-hydrogen) atoms. The summed E-state index contributed by atoms with van der Waals surface area (Å²) in [4.78, 5) is 12.3. The quantitative estimate of drug-likeness (QED) is 0.575. The average molecular weight is 298 g/mol. The summed E-state index contributed by atoms with van der Waals surface area (Å²) >= 11 is 0. The lowest BCUT2D eigenvalue weighted by Crippen LogP contribution is -2.46. The molecule has 0 unspecified atom stereocenters. The molecule has 0 fully saturated rings. The van der Waals surface area contributed by atoms with Crippen LogP contribution in [-0.4, -0.2) is 53.4 Å². The Labute approximate surface area is 116 Å². The van der Waals surface area contributed by atoms with Crippen molar-refractivity contribution >= 4 is 5.97 Å². The van der Waals surface area contributed by atoms with Gasteiger partial charge in [-0.15, -0.1) is 0 Å². The summed E-state index contributed by atoms with van der Waals surface area (Å²) in [7, 11) is 0. The number of nitrogens with two attached hydrogens (primary N) is 1. The Bertz CT molecular complexity index is 351. The third-order valence-electron chi connectivity index (χ3n) is 2.06. The van der Waals surface area contributed by atoms with Gasteiger partial charge in [-0.2, -0.15) is 13.2 Å². The highest BCUT2D eigenvalue weighted by Gasteiger charge is 2.33. The van der Waals surface area contributed by atoms with Crippen LogP contribution in [0.5, 0.6) is 0 Å². The largest absolute Gasteiger partial charge is 0.511 e. The molecule has 0 saturated carbocycles. The van der Waals surface area contributed by atoms with E-state index in [2.05, 4.69) is 6.58 Å². The Morgan fingerprint density at radius 2 is 1.90 bits per heavy atom. The number of aliphatic hydroxyl groups excluding tert-OH is 1. The fourth-order valence-corrected chi connectivity index (χ4v) is 1.38. The van der Waals surface area contributed by atoms with Gasteiger partial charge in [0.15, 0.2) is 0 Å². The third-order valence-corrected chi connectivity index (χ3v) is 2.06. The first-order valence-corrected chi connectivity index (χ1v) is 5.94. The fourth-order valence-electron chi connectivity index (χ4n) is 1.38. The Hall–Kier alpha value is -1.28.